The molecular weight excluding hydrogens is 378 g/mol. The van der Waals surface area contributed by atoms with Gasteiger partial charge in [-0.3, -0.25) is 18.7 Å². The second-order valence-electron chi connectivity index (χ2n) is 7.67. The van der Waals surface area contributed by atoms with Crippen LogP contribution in [0.25, 0.3) is 0 Å². The summed E-state index contributed by atoms with van der Waals surface area (Å²) >= 11 is 5.97. The van der Waals surface area contributed by atoms with Crippen LogP contribution in [-0.4, -0.2) is 15.0 Å². The van der Waals surface area contributed by atoms with Gasteiger partial charge in [0.1, 0.15) is 6.54 Å². The summed E-state index contributed by atoms with van der Waals surface area (Å²) < 4.78 is 2.94. The molecule has 0 saturated heterocycles. The molecule has 6 nitrogen and oxygen atoms in total. The second-order valence-corrected chi connectivity index (χ2v) is 8.11. The summed E-state index contributed by atoms with van der Waals surface area (Å²) in [5.41, 5.74) is 1.53. The van der Waals surface area contributed by atoms with Crippen molar-refractivity contribution in [3.05, 3.63) is 61.4 Å². The van der Waals surface area contributed by atoms with Gasteiger partial charge >= 0.3 is 5.69 Å². The van der Waals surface area contributed by atoms with E-state index in [1.54, 1.807) is 24.3 Å². The average molecular weight is 402 g/mol. The number of fused-ring (bicyclic) bond motifs is 1. The minimum absolute atomic E-state index is 0.0538. The van der Waals surface area contributed by atoms with E-state index in [-0.39, 0.29) is 29.7 Å². The minimum atomic E-state index is -0.348. The van der Waals surface area contributed by atoms with Crippen molar-refractivity contribution in [2.45, 2.75) is 64.0 Å². The molecule has 0 atom stereocenters. The quantitative estimate of drug-likeness (QED) is 0.854. The molecule has 0 spiro atoms. The molecular formula is C21H24ClN3O3. The van der Waals surface area contributed by atoms with Gasteiger partial charge in [0, 0.05) is 28.0 Å². The lowest BCUT2D eigenvalue weighted by molar-refractivity contribution is -0.116. The molecule has 28 heavy (non-hydrogen) atoms. The number of benzene rings is 1. The highest BCUT2D eigenvalue weighted by Gasteiger charge is 2.27. The van der Waals surface area contributed by atoms with Crippen molar-refractivity contribution in [3.8, 4) is 0 Å². The summed E-state index contributed by atoms with van der Waals surface area (Å²) in [6.45, 7) is -0.0965. The summed E-state index contributed by atoms with van der Waals surface area (Å²) in [6.07, 6.45) is 7.09. The average Bonchev–Trinajstić information content (AvgIpc) is 3.16. The number of nitrogens with one attached hydrogen (secondary N) is 1. The van der Waals surface area contributed by atoms with Crippen molar-refractivity contribution in [3.63, 3.8) is 0 Å². The normalized spacial score (nSPS) is 16.8. The number of aromatic nitrogens is 2. The van der Waals surface area contributed by atoms with Crippen LogP contribution < -0.4 is 16.6 Å². The number of carbonyl (C=O) groups is 1. The van der Waals surface area contributed by atoms with E-state index in [0.29, 0.717) is 29.1 Å². The minimum Gasteiger partial charge on any atom is -0.324 e. The van der Waals surface area contributed by atoms with Crippen molar-refractivity contribution in [1.82, 2.24) is 9.13 Å². The monoisotopic (exact) mass is 401 g/mol. The number of hydrogen-bond acceptors (Lipinski definition) is 3. The van der Waals surface area contributed by atoms with Crippen LogP contribution in [-0.2, 0) is 24.2 Å². The zero-order chi connectivity index (χ0) is 19.7. The maximum Gasteiger partial charge on any atom is 0.331 e. The first-order valence-corrected chi connectivity index (χ1v) is 10.3. The lowest BCUT2D eigenvalue weighted by atomic mass is 9.95. The molecule has 0 bridgehead atoms. The molecule has 1 aromatic carbocycles. The molecule has 2 aliphatic carbocycles. The molecule has 0 radical (unpaired) electrons. The first-order chi connectivity index (χ1) is 13.5. The summed E-state index contributed by atoms with van der Waals surface area (Å²) in [5, 5.41) is 3.32. The zero-order valence-electron chi connectivity index (χ0n) is 15.7. The van der Waals surface area contributed by atoms with Gasteiger partial charge in [0.05, 0.1) is 0 Å². The zero-order valence-corrected chi connectivity index (χ0v) is 16.5. The fraction of sp³-hybridized carbons (Fsp3) is 0.476. The third kappa shape index (κ3) is 3.65. The highest BCUT2D eigenvalue weighted by atomic mass is 35.5. The smallest absolute Gasteiger partial charge is 0.324 e. The Morgan fingerprint density at radius 2 is 1.89 bits per heavy atom. The van der Waals surface area contributed by atoms with E-state index >= 15 is 0 Å². The maximum atomic E-state index is 13.2. The Morgan fingerprint density at radius 1 is 1.11 bits per heavy atom. The van der Waals surface area contributed by atoms with Crippen LogP contribution in [0, 0.1) is 0 Å². The first kappa shape index (κ1) is 19.0. The van der Waals surface area contributed by atoms with Crippen LogP contribution in [0.15, 0.2) is 33.9 Å². The first-order valence-electron chi connectivity index (χ1n) is 9.97. The van der Waals surface area contributed by atoms with Gasteiger partial charge in [-0.25, -0.2) is 4.79 Å². The van der Waals surface area contributed by atoms with E-state index in [9.17, 15) is 14.4 Å². The lowest BCUT2D eigenvalue weighted by Crippen LogP contribution is -2.46. The Hall–Kier alpha value is -2.34. The van der Waals surface area contributed by atoms with Crippen LogP contribution in [0.3, 0.4) is 0 Å². The second kappa shape index (κ2) is 7.95. The fourth-order valence-electron chi connectivity index (χ4n) is 4.47. The standard InChI is InChI=1S/C21H24ClN3O3/c22-14-6-4-7-15(12-14)23-19(26)13-24-18-11-5-10-17(18)20(27)25(21(24)28)16-8-2-1-3-9-16/h4,6-7,12,16H,1-3,5,8-11,13H2,(H,23,26). The molecule has 1 amide bonds. The van der Waals surface area contributed by atoms with Gasteiger partial charge in [0.25, 0.3) is 5.56 Å². The van der Waals surface area contributed by atoms with Gasteiger partial charge in [-0.1, -0.05) is 36.9 Å². The number of amides is 1. The van der Waals surface area contributed by atoms with E-state index in [2.05, 4.69) is 5.32 Å². The van der Waals surface area contributed by atoms with Crippen molar-refractivity contribution in [2.24, 2.45) is 0 Å². The van der Waals surface area contributed by atoms with Crippen LogP contribution in [0.1, 0.15) is 55.8 Å². The highest BCUT2D eigenvalue weighted by molar-refractivity contribution is 6.30. The number of halogens is 1. The summed E-state index contributed by atoms with van der Waals surface area (Å²) in [7, 11) is 0. The number of anilines is 1. The van der Waals surface area contributed by atoms with E-state index < -0.39 is 0 Å². The topological polar surface area (TPSA) is 73.1 Å². The van der Waals surface area contributed by atoms with Crippen molar-refractivity contribution >= 4 is 23.2 Å². The maximum absolute atomic E-state index is 13.2. The van der Waals surface area contributed by atoms with E-state index in [1.807, 2.05) is 0 Å². The Labute approximate surface area is 168 Å². The Bertz CT molecular complexity index is 1020. The van der Waals surface area contributed by atoms with Crippen LogP contribution in [0.5, 0.6) is 0 Å². The SMILES string of the molecule is O=C(Cn1c2c(c(=O)n(C3CCCCC3)c1=O)CCC2)Nc1cccc(Cl)c1. The molecule has 148 valence electrons. The van der Waals surface area contributed by atoms with Gasteiger partial charge in [0.15, 0.2) is 0 Å². The number of nitrogens with zero attached hydrogens (tertiary/aromatic N) is 2. The third-order valence-electron chi connectivity index (χ3n) is 5.78. The predicted octanol–water partition coefficient (Wildman–Crippen LogP) is 3.30. The molecule has 1 saturated carbocycles. The van der Waals surface area contributed by atoms with Gasteiger partial charge in [-0.05, 0) is 50.3 Å². The molecule has 1 N–H and O–H groups in total. The molecule has 0 aliphatic heterocycles. The van der Waals surface area contributed by atoms with E-state index in [0.717, 1.165) is 44.2 Å². The van der Waals surface area contributed by atoms with E-state index in [1.165, 1.54) is 9.13 Å². The van der Waals surface area contributed by atoms with Gasteiger partial charge in [-0.15, -0.1) is 0 Å². The number of carbonyl (C=O) groups excluding carboxylic acids is 1. The molecule has 1 heterocycles. The number of rotatable bonds is 4. The Kier molecular flexibility index (Phi) is 5.40. The van der Waals surface area contributed by atoms with Crippen molar-refractivity contribution in [1.29, 1.82) is 0 Å². The van der Waals surface area contributed by atoms with Gasteiger partial charge in [0.2, 0.25) is 5.91 Å². The molecule has 2 aromatic rings. The summed E-state index contributed by atoms with van der Waals surface area (Å²) in [6, 6.07) is 6.84. The Balaban J connectivity index is 1.68. The van der Waals surface area contributed by atoms with Crippen LogP contribution in [0.4, 0.5) is 5.69 Å². The van der Waals surface area contributed by atoms with Gasteiger partial charge < -0.3 is 5.32 Å². The molecule has 1 fully saturated rings. The summed E-state index contributed by atoms with van der Waals surface area (Å²) in [5.74, 6) is -0.299. The fourth-order valence-corrected chi connectivity index (χ4v) is 4.66. The van der Waals surface area contributed by atoms with Gasteiger partial charge in [-0.2, -0.15) is 0 Å². The predicted molar refractivity (Wildman–Crippen MR) is 109 cm³/mol. The van der Waals surface area contributed by atoms with Crippen LogP contribution in [0.2, 0.25) is 5.02 Å². The molecule has 7 heteroatoms. The summed E-state index contributed by atoms with van der Waals surface area (Å²) in [4.78, 5) is 38.8. The lowest BCUT2D eigenvalue weighted by Gasteiger charge is -2.25. The highest BCUT2D eigenvalue weighted by Crippen LogP contribution is 2.27. The number of hydrogen-bond donors (Lipinski definition) is 1. The largest absolute Gasteiger partial charge is 0.331 e. The van der Waals surface area contributed by atoms with Crippen LogP contribution >= 0.6 is 11.6 Å². The van der Waals surface area contributed by atoms with Crippen molar-refractivity contribution in [2.75, 3.05) is 5.32 Å². The third-order valence-corrected chi connectivity index (χ3v) is 6.01. The molecule has 1 aromatic heterocycles. The molecule has 0 unspecified atom stereocenters. The Morgan fingerprint density at radius 3 is 2.64 bits per heavy atom. The van der Waals surface area contributed by atoms with Crippen molar-refractivity contribution < 1.29 is 4.79 Å². The molecule has 4 rings (SSSR count). The van der Waals surface area contributed by atoms with E-state index in [4.69, 9.17) is 11.6 Å². The molecule has 2 aliphatic rings.